The van der Waals surface area contributed by atoms with E-state index < -0.39 is 11.9 Å². The van der Waals surface area contributed by atoms with E-state index in [1.165, 1.54) is 19.4 Å². The molecule has 1 aromatic heterocycles. The fourth-order valence-corrected chi connectivity index (χ4v) is 3.84. The third-order valence-electron chi connectivity index (χ3n) is 4.95. The SMILES string of the molecule is COc1cc([C@@H]2CC(=O)Nc3c(C(=O)O)cn(-c4cccc(Cl)c4)c32)ccc1O. The number of carboxylic acid groups (broad SMARTS) is 1. The molecule has 0 saturated heterocycles. The Bertz CT molecular complexity index is 1140. The van der Waals surface area contributed by atoms with Crippen LogP contribution in [0.25, 0.3) is 5.69 Å². The van der Waals surface area contributed by atoms with Crippen LogP contribution < -0.4 is 10.1 Å². The second-order valence-electron chi connectivity index (χ2n) is 6.69. The van der Waals surface area contributed by atoms with Crippen LogP contribution in [-0.2, 0) is 4.79 Å². The van der Waals surface area contributed by atoms with Gasteiger partial charge in [-0.15, -0.1) is 0 Å². The molecule has 29 heavy (non-hydrogen) atoms. The summed E-state index contributed by atoms with van der Waals surface area (Å²) in [6.45, 7) is 0. The number of rotatable bonds is 4. The number of carboxylic acids is 1. The summed E-state index contributed by atoms with van der Waals surface area (Å²) in [6, 6.07) is 11.9. The molecule has 0 aliphatic carbocycles. The summed E-state index contributed by atoms with van der Waals surface area (Å²) in [5.74, 6) is -1.63. The number of nitrogens with zero attached hydrogens (tertiary/aromatic N) is 1. The molecule has 1 aliphatic rings. The van der Waals surface area contributed by atoms with Crippen LogP contribution >= 0.6 is 11.6 Å². The molecule has 7 nitrogen and oxygen atoms in total. The molecule has 1 amide bonds. The molecule has 3 N–H and O–H groups in total. The number of carbonyl (C=O) groups excluding carboxylic acids is 1. The molecule has 0 spiro atoms. The zero-order valence-electron chi connectivity index (χ0n) is 15.3. The minimum atomic E-state index is -1.15. The maximum Gasteiger partial charge on any atom is 0.339 e. The number of aromatic hydroxyl groups is 1. The number of nitrogens with one attached hydrogen (secondary N) is 1. The summed E-state index contributed by atoms with van der Waals surface area (Å²) in [6.07, 6.45) is 1.60. The monoisotopic (exact) mass is 412 g/mol. The first kappa shape index (κ1) is 18.9. The highest BCUT2D eigenvalue weighted by Crippen LogP contribution is 2.43. The van der Waals surface area contributed by atoms with Gasteiger partial charge < -0.3 is 24.8 Å². The zero-order chi connectivity index (χ0) is 20.7. The molecule has 2 heterocycles. The predicted molar refractivity (Wildman–Crippen MR) is 107 cm³/mol. The van der Waals surface area contributed by atoms with Gasteiger partial charge in [-0.1, -0.05) is 23.7 Å². The Hall–Kier alpha value is -3.45. The number of halogens is 1. The number of hydrogen-bond donors (Lipinski definition) is 3. The Kier molecular flexibility index (Phi) is 4.68. The minimum absolute atomic E-state index is 0.0104. The quantitative estimate of drug-likeness (QED) is 0.601. The van der Waals surface area contributed by atoms with E-state index in [-0.39, 0.29) is 35.1 Å². The lowest BCUT2D eigenvalue weighted by molar-refractivity contribution is -0.116. The second-order valence-corrected chi connectivity index (χ2v) is 7.13. The van der Waals surface area contributed by atoms with Crippen molar-refractivity contribution in [3.63, 3.8) is 0 Å². The number of phenolic OH excluding ortho intramolecular Hbond substituents is 1. The number of fused-ring (bicyclic) bond motifs is 1. The van der Waals surface area contributed by atoms with Crippen molar-refractivity contribution in [3.05, 3.63) is 70.5 Å². The summed E-state index contributed by atoms with van der Waals surface area (Å²) in [5.41, 5.74) is 2.26. The third-order valence-corrected chi connectivity index (χ3v) is 5.19. The van der Waals surface area contributed by atoms with Crippen LogP contribution in [0.4, 0.5) is 5.69 Å². The Morgan fingerprint density at radius 3 is 2.76 bits per heavy atom. The van der Waals surface area contributed by atoms with E-state index in [9.17, 15) is 19.8 Å². The molecule has 8 heteroatoms. The smallest absolute Gasteiger partial charge is 0.339 e. The van der Waals surface area contributed by atoms with Crippen molar-refractivity contribution < 1.29 is 24.5 Å². The molecule has 1 aliphatic heterocycles. The maximum atomic E-state index is 12.4. The van der Waals surface area contributed by atoms with Crippen molar-refractivity contribution in [1.29, 1.82) is 0 Å². The van der Waals surface area contributed by atoms with E-state index in [0.717, 1.165) is 0 Å². The van der Waals surface area contributed by atoms with E-state index in [0.29, 0.717) is 22.0 Å². The maximum absolute atomic E-state index is 12.4. The van der Waals surface area contributed by atoms with Gasteiger partial charge in [0.1, 0.15) is 5.56 Å². The number of phenols is 1. The van der Waals surface area contributed by atoms with Gasteiger partial charge in [-0.2, -0.15) is 0 Å². The highest BCUT2D eigenvalue weighted by atomic mass is 35.5. The van der Waals surface area contributed by atoms with Gasteiger partial charge >= 0.3 is 5.97 Å². The summed E-state index contributed by atoms with van der Waals surface area (Å²) in [5, 5.41) is 22.8. The number of aromatic carboxylic acids is 1. The van der Waals surface area contributed by atoms with Gasteiger partial charge in [0, 0.05) is 29.2 Å². The number of amides is 1. The average molecular weight is 413 g/mol. The topological polar surface area (TPSA) is 101 Å². The zero-order valence-corrected chi connectivity index (χ0v) is 16.1. The number of anilines is 1. The number of methoxy groups -OCH3 is 1. The van der Waals surface area contributed by atoms with Crippen molar-refractivity contribution in [1.82, 2.24) is 4.57 Å². The lowest BCUT2D eigenvalue weighted by Gasteiger charge is -2.26. The van der Waals surface area contributed by atoms with Crippen LogP contribution in [0.2, 0.25) is 5.02 Å². The summed E-state index contributed by atoms with van der Waals surface area (Å²) >= 11 is 6.14. The van der Waals surface area contributed by atoms with E-state index in [2.05, 4.69) is 5.32 Å². The molecule has 0 saturated carbocycles. The van der Waals surface area contributed by atoms with Crippen LogP contribution in [0, 0.1) is 0 Å². The highest BCUT2D eigenvalue weighted by Gasteiger charge is 2.34. The molecule has 3 aromatic rings. The standard InChI is InChI=1S/C21H17ClN2O5/c1-29-17-7-11(5-6-16(17)25)14-9-18(26)23-19-15(21(27)28)10-24(20(14)19)13-4-2-3-12(22)8-13/h2-8,10,14,25H,9H2,1H3,(H,23,26)(H,27,28)/t14-/m0/s1. The Labute approximate surface area is 171 Å². The predicted octanol–water partition coefficient (Wildman–Crippen LogP) is 4.02. The fourth-order valence-electron chi connectivity index (χ4n) is 3.66. The van der Waals surface area contributed by atoms with E-state index in [4.69, 9.17) is 16.3 Å². The van der Waals surface area contributed by atoms with Crippen molar-refractivity contribution >= 4 is 29.2 Å². The Morgan fingerprint density at radius 1 is 1.28 bits per heavy atom. The number of benzene rings is 2. The molecule has 4 rings (SSSR count). The molecule has 0 radical (unpaired) electrons. The lowest BCUT2D eigenvalue weighted by atomic mass is 9.88. The normalized spacial score (nSPS) is 15.5. The third kappa shape index (κ3) is 3.30. The molecular formula is C21H17ClN2O5. The van der Waals surface area contributed by atoms with Crippen molar-refractivity contribution in [2.24, 2.45) is 0 Å². The lowest BCUT2D eigenvalue weighted by Crippen LogP contribution is -2.25. The fraction of sp³-hybridized carbons (Fsp3) is 0.143. The number of carbonyl (C=O) groups is 2. The summed E-state index contributed by atoms with van der Waals surface area (Å²) in [7, 11) is 1.44. The van der Waals surface area contributed by atoms with E-state index in [1.54, 1.807) is 34.9 Å². The van der Waals surface area contributed by atoms with Gasteiger partial charge in [0.15, 0.2) is 11.5 Å². The van der Waals surface area contributed by atoms with E-state index in [1.807, 2.05) is 6.07 Å². The molecule has 1 atom stereocenters. The molecule has 0 unspecified atom stereocenters. The molecule has 2 aromatic carbocycles. The van der Waals surface area contributed by atoms with Gasteiger partial charge in [-0.3, -0.25) is 4.79 Å². The van der Waals surface area contributed by atoms with Gasteiger partial charge in [-0.25, -0.2) is 4.79 Å². The van der Waals surface area contributed by atoms with Crippen molar-refractivity contribution in [2.45, 2.75) is 12.3 Å². The molecule has 0 bridgehead atoms. The first-order valence-corrected chi connectivity index (χ1v) is 9.18. The van der Waals surface area contributed by atoms with Gasteiger partial charge in [-0.05, 0) is 35.9 Å². The molecule has 0 fully saturated rings. The molecular weight excluding hydrogens is 396 g/mol. The summed E-state index contributed by atoms with van der Waals surface area (Å²) < 4.78 is 6.93. The number of ether oxygens (including phenoxy) is 1. The van der Waals surface area contributed by atoms with Gasteiger partial charge in [0.2, 0.25) is 5.91 Å². The number of hydrogen-bond acceptors (Lipinski definition) is 4. The Morgan fingerprint density at radius 2 is 2.07 bits per heavy atom. The highest BCUT2D eigenvalue weighted by molar-refractivity contribution is 6.30. The summed E-state index contributed by atoms with van der Waals surface area (Å²) in [4.78, 5) is 24.2. The van der Waals surface area contributed by atoms with Gasteiger partial charge in [0.05, 0.1) is 18.5 Å². The van der Waals surface area contributed by atoms with Crippen LogP contribution in [0.15, 0.2) is 48.7 Å². The average Bonchev–Trinajstić information content (AvgIpc) is 3.07. The van der Waals surface area contributed by atoms with Crippen LogP contribution in [0.5, 0.6) is 11.5 Å². The van der Waals surface area contributed by atoms with Crippen LogP contribution in [0.1, 0.15) is 34.0 Å². The van der Waals surface area contributed by atoms with Gasteiger partial charge in [0.25, 0.3) is 0 Å². The van der Waals surface area contributed by atoms with Crippen molar-refractivity contribution in [2.75, 3.05) is 12.4 Å². The largest absolute Gasteiger partial charge is 0.504 e. The second kappa shape index (κ2) is 7.18. The van der Waals surface area contributed by atoms with Crippen LogP contribution in [0.3, 0.4) is 0 Å². The molecule has 148 valence electrons. The first-order valence-electron chi connectivity index (χ1n) is 8.80. The Balaban J connectivity index is 1.97. The first-order chi connectivity index (χ1) is 13.9. The van der Waals surface area contributed by atoms with Crippen molar-refractivity contribution in [3.8, 4) is 17.2 Å². The minimum Gasteiger partial charge on any atom is -0.504 e. The van der Waals surface area contributed by atoms with E-state index >= 15 is 0 Å². The van der Waals surface area contributed by atoms with Crippen LogP contribution in [-0.4, -0.2) is 33.8 Å². The number of aromatic nitrogens is 1.